The highest BCUT2D eigenvalue weighted by Crippen LogP contribution is 2.36. The number of urea groups is 1. The van der Waals surface area contributed by atoms with Gasteiger partial charge in [-0.05, 0) is 43.0 Å². The van der Waals surface area contributed by atoms with Gasteiger partial charge < -0.3 is 14.5 Å². The van der Waals surface area contributed by atoms with E-state index in [1.165, 1.54) is 17.6 Å². The molecule has 0 bridgehead atoms. The molecule has 1 aliphatic carbocycles. The Morgan fingerprint density at radius 2 is 2.21 bits per heavy atom. The van der Waals surface area contributed by atoms with Gasteiger partial charge in [-0.1, -0.05) is 13.0 Å². The number of oxazole rings is 1. The lowest BCUT2D eigenvalue weighted by atomic mass is 9.77. The summed E-state index contributed by atoms with van der Waals surface area (Å²) in [5.41, 5.74) is -0.391. The number of esters is 1. The average molecular weight is 403 g/mol. The molecule has 2 fully saturated rings. The molecule has 0 aromatic carbocycles. The Hall–Kier alpha value is -2.68. The molecule has 1 saturated carbocycles. The summed E-state index contributed by atoms with van der Waals surface area (Å²) < 4.78 is 10.6. The second-order valence-corrected chi connectivity index (χ2v) is 8.32. The molecule has 2 aromatic heterocycles. The lowest BCUT2D eigenvalue weighted by Gasteiger charge is -2.33. The monoisotopic (exact) mass is 403 g/mol. The fourth-order valence-electron chi connectivity index (χ4n) is 3.63. The summed E-state index contributed by atoms with van der Waals surface area (Å²) in [6.45, 7) is 1.65. The fourth-order valence-corrected chi connectivity index (χ4v) is 4.28. The van der Waals surface area contributed by atoms with E-state index in [1.807, 2.05) is 17.5 Å². The third-order valence-corrected chi connectivity index (χ3v) is 6.18. The number of carbonyl (C=O) groups is 3. The van der Waals surface area contributed by atoms with Crippen molar-refractivity contribution in [1.29, 1.82) is 0 Å². The van der Waals surface area contributed by atoms with Gasteiger partial charge in [0.05, 0.1) is 4.88 Å². The number of amides is 3. The Bertz CT molecular complexity index is 883. The van der Waals surface area contributed by atoms with E-state index in [4.69, 9.17) is 9.15 Å². The summed E-state index contributed by atoms with van der Waals surface area (Å²) in [5, 5.41) is 4.70. The van der Waals surface area contributed by atoms with Crippen molar-refractivity contribution in [3.05, 3.63) is 29.5 Å². The summed E-state index contributed by atoms with van der Waals surface area (Å²) in [6.07, 6.45) is 4.39. The Morgan fingerprint density at radius 3 is 2.93 bits per heavy atom. The van der Waals surface area contributed by atoms with Crippen molar-refractivity contribution >= 4 is 29.2 Å². The zero-order valence-electron chi connectivity index (χ0n) is 15.5. The average Bonchev–Trinajstić information content (AvgIpc) is 3.40. The predicted octanol–water partition coefficient (Wildman–Crippen LogP) is 2.95. The summed E-state index contributed by atoms with van der Waals surface area (Å²) in [5.74, 6) is 0.00709. The van der Waals surface area contributed by atoms with Crippen LogP contribution in [-0.2, 0) is 20.9 Å². The molecule has 1 saturated heterocycles. The SMILES string of the molecule is CC1CCC2(CC1)NC(=O)N(CC(=O)OCc1coc(-c3cccs3)n1)C2=O. The van der Waals surface area contributed by atoms with Crippen molar-refractivity contribution in [2.24, 2.45) is 5.92 Å². The number of ether oxygens (including phenoxy) is 1. The first kappa shape index (κ1) is 18.7. The maximum absolute atomic E-state index is 12.8. The molecule has 0 atom stereocenters. The fraction of sp³-hybridized carbons (Fsp3) is 0.474. The van der Waals surface area contributed by atoms with Crippen molar-refractivity contribution in [3.63, 3.8) is 0 Å². The maximum Gasteiger partial charge on any atom is 0.326 e. The normalized spacial score (nSPS) is 24.6. The number of nitrogens with one attached hydrogen (secondary N) is 1. The van der Waals surface area contributed by atoms with Crippen LogP contribution >= 0.6 is 11.3 Å². The van der Waals surface area contributed by atoms with Crippen LogP contribution in [0.5, 0.6) is 0 Å². The first-order chi connectivity index (χ1) is 13.5. The maximum atomic E-state index is 12.8. The van der Waals surface area contributed by atoms with Gasteiger partial charge in [-0.3, -0.25) is 14.5 Å². The highest BCUT2D eigenvalue weighted by Gasteiger charge is 2.52. The van der Waals surface area contributed by atoms with E-state index in [9.17, 15) is 14.4 Å². The van der Waals surface area contributed by atoms with Gasteiger partial charge >= 0.3 is 12.0 Å². The molecule has 8 nitrogen and oxygen atoms in total. The molecule has 1 N–H and O–H groups in total. The molecule has 2 aliphatic rings. The largest absolute Gasteiger partial charge is 0.458 e. The predicted molar refractivity (Wildman–Crippen MR) is 100 cm³/mol. The van der Waals surface area contributed by atoms with E-state index in [1.54, 1.807) is 0 Å². The van der Waals surface area contributed by atoms with Crippen LogP contribution in [0.1, 0.15) is 38.3 Å². The van der Waals surface area contributed by atoms with Crippen LogP contribution in [0.15, 0.2) is 28.2 Å². The van der Waals surface area contributed by atoms with Crippen LogP contribution in [0.2, 0.25) is 0 Å². The molecule has 9 heteroatoms. The quantitative estimate of drug-likeness (QED) is 0.608. The standard InChI is InChI=1S/C19H21N3O5S/c1-12-4-6-19(7-5-12)17(24)22(18(25)21-19)9-15(23)26-10-13-11-27-16(20-13)14-3-2-8-28-14/h2-3,8,11-12H,4-7,9-10H2,1H3,(H,21,25). The first-order valence-corrected chi connectivity index (χ1v) is 10.1. The number of aromatic nitrogens is 1. The van der Waals surface area contributed by atoms with Gasteiger partial charge in [0.1, 0.15) is 30.6 Å². The van der Waals surface area contributed by atoms with E-state index in [0.717, 1.165) is 22.6 Å². The minimum Gasteiger partial charge on any atom is -0.458 e. The van der Waals surface area contributed by atoms with Gasteiger partial charge in [-0.15, -0.1) is 11.3 Å². The Balaban J connectivity index is 1.32. The Morgan fingerprint density at radius 1 is 1.43 bits per heavy atom. The zero-order valence-corrected chi connectivity index (χ0v) is 16.3. The molecule has 3 amide bonds. The second kappa shape index (κ2) is 7.38. The highest BCUT2D eigenvalue weighted by atomic mass is 32.1. The van der Waals surface area contributed by atoms with Crippen LogP contribution < -0.4 is 5.32 Å². The number of hydrogen-bond donors (Lipinski definition) is 1. The number of thiophene rings is 1. The van der Waals surface area contributed by atoms with Gasteiger partial charge in [-0.25, -0.2) is 9.78 Å². The van der Waals surface area contributed by atoms with Gasteiger partial charge in [-0.2, -0.15) is 0 Å². The van der Waals surface area contributed by atoms with Crippen molar-refractivity contribution in [2.45, 2.75) is 44.8 Å². The molecule has 1 aliphatic heterocycles. The van der Waals surface area contributed by atoms with E-state index < -0.39 is 24.1 Å². The Labute approximate surface area is 165 Å². The lowest BCUT2D eigenvalue weighted by molar-refractivity contribution is -0.149. The molecule has 28 heavy (non-hydrogen) atoms. The zero-order chi connectivity index (χ0) is 19.7. The smallest absolute Gasteiger partial charge is 0.326 e. The minimum absolute atomic E-state index is 0.0833. The first-order valence-electron chi connectivity index (χ1n) is 9.25. The molecule has 3 heterocycles. The minimum atomic E-state index is -0.856. The Kier molecular flexibility index (Phi) is 4.92. The molecule has 148 valence electrons. The molecule has 0 radical (unpaired) electrons. The lowest BCUT2D eigenvalue weighted by Crippen LogP contribution is -2.49. The van der Waals surface area contributed by atoms with Crippen molar-refractivity contribution in [1.82, 2.24) is 15.2 Å². The summed E-state index contributed by atoms with van der Waals surface area (Å²) in [7, 11) is 0. The number of nitrogens with zero attached hydrogens (tertiary/aromatic N) is 2. The van der Waals surface area contributed by atoms with Crippen LogP contribution in [-0.4, -0.2) is 39.9 Å². The highest BCUT2D eigenvalue weighted by molar-refractivity contribution is 7.13. The van der Waals surface area contributed by atoms with Gasteiger partial charge in [0.25, 0.3) is 5.91 Å². The third-order valence-electron chi connectivity index (χ3n) is 5.33. The van der Waals surface area contributed by atoms with E-state index in [0.29, 0.717) is 30.3 Å². The summed E-state index contributed by atoms with van der Waals surface area (Å²) >= 11 is 1.49. The number of rotatable bonds is 5. The molecular formula is C19H21N3O5S. The van der Waals surface area contributed by atoms with Gasteiger partial charge in [0.2, 0.25) is 5.89 Å². The van der Waals surface area contributed by atoms with Gasteiger partial charge in [0.15, 0.2) is 0 Å². The second-order valence-electron chi connectivity index (χ2n) is 7.37. The summed E-state index contributed by atoms with van der Waals surface area (Å²) in [4.78, 5) is 43.3. The number of carbonyl (C=O) groups excluding carboxylic acids is 3. The van der Waals surface area contributed by atoms with Crippen molar-refractivity contribution < 1.29 is 23.5 Å². The number of hydrogen-bond acceptors (Lipinski definition) is 7. The molecule has 4 rings (SSSR count). The molecule has 2 aromatic rings. The van der Waals surface area contributed by atoms with Gasteiger partial charge in [0, 0.05) is 0 Å². The topological polar surface area (TPSA) is 102 Å². The van der Waals surface area contributed by atoms with E-state index in [2.05, 4.69) is 17.2 Å². The van der Waals surface area contributed by atoms with E-state index in [-0.39, 0.29) is 12.5 Å². The van der Waals surface area contributed by atoms with Crippen LogP contribution in [0.4, 0.5) is 4.79 Å². The van der Waals surface area contributed by atoms with Crippen molar-refractivity contribution in [2.75, 3.05) is 6.54 Å². The molecule has 1 spiro atoms. The summed E-state index contributed by atoms with van der Waals surface area (Å²) in [6, 6.07) is 3.24. The van der Waals surface area contributed by atoms with Crippen LogP contribution in [0.3, 0.4) is 0 Å². The van der Waals surface area contributed by atoms with Crippen LogP contribution in [0, 0.1) is 5.92 Å². The van der Waals surface area contributed by atoms with E-state index >= 15 is 0 Å². The third kappa shape index (κ3) is 3.54. The molecule has 0 unspecified atom stereocenters. The molecular weight excluding hydrogens is 382 g/mol. The van der Waals surface area contributed by atoms with Crippen molar-refractivity contribution in [3.8, 4) is 10.8 Å². The number of imide groups is 1. The van der Waals surface area contributed by atoms with Crippen LogP contribution in [0.25, 0.3) is 10.8 Å².